The van der Waals surface area contributed by atoms with Crippen molar-refractivity contribution in [2.75, 3.05) is 12.4 Å². The van der Waals surface area contributed by atoms with Crippen LogP contribution in [-0.2, 0) is 14.3 Å². The molecule has 0 heterocycles. The monoisotopic (exact) mass is 359 g/mol. The van der Waals surface area contributed by atoms with E-state index in [1.54, 1.807) is 49.6 Å². The number of methoxy groups -OCH3 is 1. The van der Waals surface area contributed by atoms with Gasteiger partial charge in [-0.25, -0.2) is 4.79 Å². The summed E-state index contributed by atoms with van der Waals surface area (Å²) in [6.45, 7) is 1.50. The van der Waals surface area contributed by atoms with Crippen LogP contribution in [0.4, 0.5) is 5.69 Å². The molecule has 25 heavy (non-hydrogen) atoms. The van der Waals surface area contributed by atoms with Gasteiger partial charge in [0.2, 0.25) is 0 Å². The molecule has 2 rings (SSSR count). The van der Waals surface area contributed by atoms with Gasteiger partial charge in [-0.2, -0.15) is 0 Å². The van der Waals surface area contributed by atoms with Gasteiger partial charge in [-0.3, -0.25) is 4.79 Å². The standard InChI is InChI=1S/C19H18ClNO4/c1-13(19(23)21-16-7-4-6-15(20)12-16)25-18(22)10-9-14-5-3-8-17(11-14)24-2/h3-13H,1-2H3,(H,21,23)/b10-9+/t13-/m1/s1. The van der Waals surface area contributed by atoms with E-state index < -0.39 is 18.0 Å². The van der Waals surface area contributed by atoms with E-state index in [9.17, 15) is 9.59 Å². The van der Waals surface area contributed by atoms with Gasteiger partial charge in [0, 0.05) is 16.8 Å². The zero-order valence-corrected chi connectivity index (χ0v) is 14.6. The summed E-state index contributed by atoms with van der Waals surface area (Å²) >= 11 is 5.86. The Morgan fingerprint density at radius 1 is 1.16 bits per heavy atom. The summed E-state index contributed by atoms with van der Waals surface area (Å²) in [5.41, 5.74) is 1.32. The maximum Gasteiger partial charge on any atom is 0.331 e. The summed E-state index contributed by atoms with van der Waals surface area (Å²) in [6.07, 6.45) is 1.91. The molecule has 6 heteroatoms. The van der Waals surface area contributed by atoms with Crippen molar-refractivity contribution in [3.63, 3.8) is 0 Å². The minimum absolute atomic E-state index is 0.439. The summed E-state index contributed by atoms with van der Waals surface area (Å²) in [7, 11) is 1.57. The van der Waals surface area contributed by atoms with Crippen molar-refractivity contribution in [1.29, 1.82) is 0 Å². The van der Waals surface area contributed by atoms with Gasteiger partial charge in [0.25, 0.3) is 5.91 Å². The molecule has 1 atom stereocenters. The molecule has 0 bridgehead atoms. The van der Waals surface area contributed by atoms with Crippen LogP contribution in [0.1, 0.15) is 12.5 Å². The van der Waals surface area contributed by atoms with Crippen LogP contribution in [0.25, 0.3) is 6.08 Å². The minimum Gasteiger partial charge on any atom is -0.497 e. The fourth-order valence-corrected chi connectivity index (χ4v) is 2.18. The van der Waals surface area contributed by atoms with E-state index >= 15 is 0 Å². The third-order valence-electron chi connectivity index (χ3n) is 3.26. The normalized spacial score (nSPS) is 11.8. The lowest BCUT2D eigenvalue weighted by molar-refractivity contribution is -0.148. The van der Waals surface area contributed by atoms with Gasteiger partial charge in [0.05, 0.1) is 7.11 Å². The number of nitrogens with one attached hydrogen (secondary N) is 1. The topological polar surface area (TPSA) is 64.6 Å². The van der Waals surface area contributed by atoms with E-state index in [0.29, 0.717) is 16.5 Å². The maximum atomic E-state index is 12.0. The average molecular weight is 360 g/mol. The smallest absolute Gasteiger partial charge is 0.331 e. The number of hydrogen-bond acceptors (Lipinski definition) is 4. The lowest BCUT2D eigenvalue weighted by Gasteiger charge is -2.12. The number of hydrogen-bond donors (Lipinski definition) is 1. The average Bonchev–Trinajstić information content (AvgIpc) is 2.60. The third-order valence-corrected chi connectivity index (χ3v) is 3.50. The second-order valence-electron chi connectivity index (χ2n) is 5.19. The van der Waals surface area contributed by atoms with E-state index in [4.69, 9.17) is 21.1 Å². The van der Waals surface area contributed by atoms with Crippen LogP contribution in [0.5, 0.6) is 5.75 Å². The Kier molecular flexibility index (Phi) is 6.60. The zero-order valence-electron chi connectivity index (χ0n) is 13.9. The number of amides is 1. The second kappa shape index (κ2) is 8.89. The van der Waals surface area contributed by atoms with Crippen LogP contribution >= 0.6 is 11.6 Å². The number of esters is 1. The number of carbonyl (C=O) groups excluding carboxylic acids is 2. The number of rotatable bonds is 6. The maximum absolute atomic E-state index is 12.0. The first kappa shape index (κ1) is 18.5. The molecule has 2 aromatic rings. The Balaban J connectivity index is 1.90. The van der Waals surface area contributed by atoms with Gasteiger partial charge >= 0.3 is 5.97 Å². The Labute approximate surface area is 151 Å². The Morgan fingerprint density at radius 2 is 1.92 bits per heavy atom. The highest BCUT2D eigenvalue weighted by Gasteiger charge is 2.16. The lowest BCUT2D eigenvalue weighted by atomic mass is 10.2. The summed E-state index contributed by atoms with van der Waals surface area (Å²) in [6, 6.07) is 13.9. The molecule has 0 radical (unpaired) electrons. The first-order valence-corrected chi connectivity index (χ1v) is 7.95. The van der Waals surface area contributed by atoms with Crippen LogP contribution in [0.2, 0.25) is 5.02 Å². The number of ether oxygens (including phenoxy) is 2. The van der Waals surface area contributed by atoms with Crippen molar-refractivity contribution in [3.05, 3.63) is 65.2 Å². The summed E-state index contributed by atoms with van der Waals surface area (Å²) in [4.78, 5) is 23.9. The molecule has 0 fully saturated rings. The van der Waals surface area contributed by atoms with Crippen molar-refractivity contribution in [2.24, 2.45) is 0 Å². The fourth-order valence-electron chi connectivity index (χ4n) is 1.99. The molecule has 0 aliphatic heterocycles. The van der Waals surface area contributed by atoms with Gasteiger partial charge in [-0.05, 0) is 48.9 Å². The number of halogens is 1. The van der Waals surface area contributed by atoms with Crippen molar-refractivity contribution in [1.82, 2.24) is 0 Å². The molecule has 0 unspecified atom stereocenters. The van der Waals surface area contributed by atoms with Crippen LogP contribution in [0.3, 0.4) is 0 Å². The Bertz CT molecular complexity index is 788. The van der Waals surface area contributed by atoms with Crippen LogP contribution in [0.15, 0.2) is 54.6 Å². The van der Waals surface area contributed by atoms with E-state index in [2.05, 4.69) is 5.32 Å². The predicted octanol–water partition coefficient (Wildman–Crippen LogP) is 3.93. The molecule has 0 spiro atoms. The molecule has 5 nitrogen and oxygen atoms in total. The van der Waals surface area contributed by atoms with Gasteiger partial charge in [0.1, 0.15) is 5.75 Å². The van der Waals surface area contributed by atoms with E-state index in [1.165, 1.54) is 13.0 Å². The van der Waals surface area contributed by atoms with Crippen LogP contribution in [-0.4, -0.2) is 25.1 Å². The molecule has 0 saturated heterocycles. The van der Waals surface area contributed by atoms with Crippen molar-refractivity contribution >= 4 is 35.2 Å². The van der Waals surface area contributed by atoms with Gasteiger partial charge in [-0.15, -0.1) is 0 Å². The SMILES string of the molecule is COc1cccc(/C=C/C(=O)O[C@H](C)C(=O)Nc2cccc(Cl)c2)c1. The molecule has 0 saturated carbocycles. The quantitative estimate of drug-likeness (QED) is 0.627. The number of benzene rings is 2. The highest BCUT2D eigenvalue weighted by atomic mass is 35.5. The molecule has 2 aromatic carbocycles. The van der Waals surface area contributed by atoms with E-state index in [-0.39, 0.29) is 0 Å². The largest absolute Gasteiger partial charge is 0.497 e. The fraction of sp³-hybridized carbons (Fsp3) is 0.158. The highest BCUT2D eigenvalue weighted by molar-refractivity contribution is 6.30. The first-order valence-electron chi connectivity index (χ1n) is 7.57. The minimum atomic E-state index is -0.943. The van der Waals surface area contributed by atoms with E-state index in [1.807, 2.05) is 12.1 Å². The third kappa shape index (κ3) is 5.97. The molecular weight excluding hydrogens is 342 g/mol. The second-order valence-corrected chi connectivity index (χ2v) is 5.63. The molecule has 130 valence electrons. The summed E-state index contributed by atoms with van der Waals surface area (Å²) < 4.78 is 10.2. The predicted molar refractivity (Wildman–Crippen MR) is 97.7 cm³/mol. The first-order chi connectivity index (χ1) is 12.0. The lowest BCUT2D eigenvalue weighted by Crippen LogP contribution is -2.29. The molecular formula is C19H18ClNO4. The Morgan fingerprint density at radius 3 is 2.64 bits per heavy atom. The Hall–Kier alpha value is -2.79. The van der Waals surface area contributed by atoms with E-state index in [0.717, 1.165) is 5.56 Å². The van der Waals surface area contributed by atoms with Crippen molar-refractivity contribution in [2.45, 2.75) is 13.0 Å². The van der Waals surface area contributed by atoms with Crippen LogP contribution < -0.4 is 10.1 Å². The van der Waals surface area contributed by atoms with Crippen molar-refractivity contribution in [3.8, 4) is 5.75 Å². The highest BCUT2D eigenvalue weighted by Crippen LogP contribution is 2.16. The van der Waals surface area contributed by atoms with Gasteiger partial charge in [-0.1, -0.05) is 29.8 Å². The molecule has 0 aliphatic carbocycles. The molecule has 0 aromatic heterocycles. The zero-order chi connectivity index (χ0) is 18.2. The molecule has 0 aliphatic rings. The van der Waals surface area contributed by atoms with Gasteiger partial charge < -0.3 is 14.8 Å². The number of carbonyl (C=O) groups is 2. The molecule has 1 N–H and O–H groups in total. The van der Waals surface area contributed by atoms with Crippen LogP contribution in [0, 0.1) is 0 Å². The molecule has 1 amide bonds. The summed E-state index contributed by atoms with van der Waals surface area (Å²) in [5, 5.41) is 3.14. The summed E-state index contributed by atoms with van der Waals surface area (Å²) in [5.74, 6) is -0.369. The van der Waals surface area contributed by atoms with Gasteiger partial charge in [0.15, 0.2) is 6.10 Å². The van der Waals surface area contributed by atoms with Crippen molar-refractivity contribution < 1.29 is 19.1 Å². The number of anilines is 1.